The van der Waals surface area contributed by atoms with Gasteiger partial charge in [-0.25, -0.2) is 23.3 Å². The molecule has 1 aromatic rings. The van der Waals surface area contributed by atoms with Gasteiger partial charge in [-0.05, 0) is 85.8 Å². The molecule has 0 radical (unpaired) electrons. The van der Waals surface area contributed by atoms with Crippen LogP contribution in [0.4, 0.5) is 0 Å². The summed E-state index contributed by atoms with van der Waals surface area (Å²) in [7, 11) is -3.91. The molecule has 5 rings (SSSR count). The van der Waals surface area contributed by atoms with Gasteiger partial charge in [0.25, 0.3) is 10.0 Å². The Morgan fingerprint density at radius 3 is 2.59 bits per heavy atom. The molecule has 3 saturated carbocycles. The van der Waals surface area contributed by atoms with Crippen LogP contribution in [-0.4, -0.2) is 31.3 Å². The van der Waals surface area contributed by atoms with Gasteiger partial charge in [-0.15, -0.1) is 0 Å². The maximum absolute atomic E-state index is 12.9. The van der Waals surface area contributed by atoms with E-state index < -0.39 is 16.0 Å². The molecule has 0 aromatic carbocycles. The molecule has 1 aromatic heterocycles. The number of hydrogen-bond donors (Lipinski definition) is 1. The normalized spacial score (nSPS) is 39.5. The summed E-state index contributed by atoms with van der Waals surface area (Å²) in [6, 6.07) is 2.64. The van der Waals surface area contributed by atoms with Gasteiger partial charge in [-0.3, -0.25) is 4.79 Å². The minimum absolute atomic E-state index is 0.0822. The number of sulfonamides is 1. The lowest BCUT2D eigenvalue weighted by molar-refractivity contribution is -0.119. The fraction of sp³-hybridized carbons (Fsp3) is 0.654. The van der Waals surface area contributed by atoms with Crippen molar-refractivity contribution < 1.29 is 22.7 Å². The van der Waals surface area contributed by atoms with Gasteiger partial charge in [-0.1, -0.05) is 26.3 Å². The first-order chi connectivity index (χ1) is 15.9. The molecule has 0 aliphatic heterocycles. The third kappa shape index (κ3) is 3.65. The Labute approximate surface area is 201 Å². The maximum atomic E-state index is 12.9. The van der Waals surface area contributed by atoms with Gasteiger partial charge < -0.3 is 4.74 Å². The van der Waals surface area contributed by atoms with Crippen molar-refractivity contribution in [2.24, 2.45) is 39.6 Å². The Kier molecular flexibility index (Phi) is 5.56. The molecular weight excluding hydrogens is 452 g/mol. The lowest BCUT2D eigenvalue weighted by Gasteiger charge is -2.59. The number of carbonyl (C=O) groups is 2. The summed E-state index contributed by atoms with van der Waals surface area (Å²) < 4.78 is 28.9. The number of esters is 1. The number of ketones is 1. The van der Waals surface area contributed by atoms with Crippen LogP contribution in [0.5, 0.6) is 0 Å². The van der Waals surface area contributed by atoms with Gasteiger partial charge in [0.15, 0.2) is 10.8 Å². The largest absolute Gasteiger partial charge is 0.458 e. The molecule has 0 saturated heterocycles. The molecule has 1 heterocycles. The van der Waals surface area contributed by atoms with Crippen LogP contribution in [0.25, 0.3) is 0 Å². The highest BCUT2D eigenvalue weighted by Crippen LogP contribution is 2.66. The first-order valence-corrected chi connectivity index (χ1v) is 13.9. The summed E-state index contributed by atoms with van der Waals surface area (Å²) in [6.07, 6.45) is 9.55. The van der Waals surface area contributed by atoms with Crippen molar-refractivity contribution in [1.82, 2.24) is 4.98 Å². The van der Waals surface area contributed by atoms with E-state index in [0.29, 0.717) is 30.1 Å². The third-order valence-corrected chi connectivity index (χ3v) is 10.6. The van der Waals surface area contributed by atoms with Crippen LogP contribution in [0.1, 0.15) is 76.1 Å². The van der Waals surface area contributed by atoms with Gasteiger partial charge in [0.2, 0.25) is 0 Å². The first-order valence-electron chi connectivity index (χ1n) is 12.4. The van der Waals surface area contributed by atoms with Crippen LogP contribution in [0, 0.1) is 34.5 Å². The number of nitrogens with zero attached hydrogens (tertiary/aromatic N) is 1. The van der Waals surface area contributed by atoms with Crippen LogP contribution < -0.4 is 5.14 Å². The number of aromatic nitrogens is 1. The van der Waals surface area contributed by atoms with E-state index in [1.165, 1.54) is 23.9 Å². The number of ether oxygens (including phenoxy) is 1. The van der Waals surface area contributed by atoms with Crippen molar-refractivity contribution in [2.45, 2.75) is 76.8 Å². The van der Waals surface area contributed by atoms with Crippen LogP contribution in [-0.2, 0) is 19.6 Å². The zero-order valence-corrected chi connectivity index (χ0v) is 20.9. The van der Waals surface area contributed by atoms with Gasteiger partial charge >= 0.3 is 5.97 Å². The smallest absolute Gasteiger partial charge is 0.339 e. The average Bonchev–Trinajstić information content (AvgIpc) is 3.10. The minimum Gasteiger partial charge on any atom is -0.458 e. The summed E-state index contributed by atoms with van der Waals surface area (Å²) in [5.41, 5.74) is 1.62. The summed E-state index contributed by atoms with van der Waals surface area (Å²) in [5, 5.41) is 4.83. The predicted octanol–water partition coefficient (Wildman–Crippen LogP) is 4.03. The molecule has 0 amide bonds. The molecule has 3 fully saturated rings. The topological polar surface area (TPSA) is 116 Å². The van der Waals surface area contributed by atoms with Crippen LogP contribution in [0.15, 0.2) is 35.0 Å². The Morgan fingerprint density at radius 1 is 1.15 bits per heavy atom. The quantitative estimate of drug-likeness (QED) is 0.645. The van der Waals surface area contributed by atoms with E-state index in [-0.39, 0.29) is 33.3 Å². The molecule has 7 atom stereocenters. The highest BCUT2D eigenvalue weighted by atomic mass is 32.2. The molecule has 0 bridgehead atoms. The van der Waals surface area contributed by atoms with Crippen molar-refractivity contribution in [3.8, 4) is 0 Å². The Morgan fingerprint density at radius 2 is 1.91 bits per heavy atom. The highest BCUT2D eigenvalue weighted by Gasteiger charge is 2.61. The van der Waals surface area contributed by atoms with Crippen molar-refractivity contribution in [3.05, 3.63) is 35.5 Å². The molecule has 2 N–H and O–H groups in total. The summed E-state index contributed by atoms with van der Waals surface area (Å²) in [5.74, 6) is 1.93. The molecule has 0 spiro atoms. The third-order valence-electron chi connectivity index (χ3n) is 9.74. The molecular formula is C26H34N2O5S. The number of allylic oxidation sites excluding steroid dienone is 1. The zero-order chi connectivity index (χ0) is 24.5. The van der Waals surface area contributed by atoms with Crippen LogP contribution in [0.3, 0.4) is 0 Å². The second-order valence-corrected chi connectivity index (χ2v) is 13.0. The second kappa shape index (κ2) is 7.98. The average molecular weight is 487 g/mol. The van der Waals surface area contributed by atoms with E-state index in [1.54, 1.807) is 0 Å². The van der Waals surface area contributed by atoms with E-state index in [4.69, 9.17) is 9.88 Å². The molecule has 184 valence electrons. The highest BCUT2D eigenvalue weighted by molar-refractivity contribution is 7.89. The molecule has 7 nitrogen and oxygen atoms in total. The van der Waals surface area contributed by atoms with Gasteiger partial charge in [0.05, 0.1) is 5.56 Å². The number of carbonyl (C=O) groups excluding carboxylic acids is 2. The minimum atomic E-state index is -3.91. The molecule has 4 aliphatic rings. The Hall–Kier alpha value is -2.06. The van der Waals surface area contributed by atoms with Crippen molar-refractivity contribution in [3.63, 3.8) is 0 Å². The predicted molar refractivity (Wildman–Crippen MR) is 126 cm³/mol. The van der Waals surface area contributed by atoms with Crippen molar-refractivity contribution >= 4 is 21.8 Å². The number of fused-ring (bicyclic) bond motifs is 5. The summed E-state index contributed by atoms with van der Waals surface area (Å²) >= 11 is 0. The van der Waals surface area contributed by atoms with Crippen LogP contribution in [0.2, 0.25) is 0 Å². The Balaban J connectivity index is 1.36. The van der Waals surface area contributed by atoms with Crippen molar-refractivity contribution in [1.29, 1.82) is 0 Å². The van der Waals surface area contributed by atoms with Crippen molar-refractivity contribution in [2.75, 3.05) is 0 Å². The molecule has 8 heteroatoms. The van der Waals surface area contributed by atoms with E-state index in [1.807, 2.05) is 6.08 Å². The SMILES string of the molecule is C[C@@H]1CC2=CC(=O)CC[C@]2(C)C2CC[C@@]3(C)C(CC[C@@H]3OC(=O)c3ccc(S(N)(=O)=O)nc3)C21. The number of hydrogen-bond acceptors (Lipinski definition) is 6. The monoisotopic (exact) mass is 486 g/mol. The fourth-order valence-electron chi connectivity index (χ4n) is 7.92. The van der Waals surface area contributed by atoms with Gasteiger partial charge in [-0.2, -0.15) is 0 Å². The number of primary sulfonamides is 1. The fourth-order valence-corrected chi connectivity index (χ4v) is 8.37. The number of nitrogens with two attached hydrogens (primary N) is 1. The second-order valence-electron chi connectivity index (χ2n) is 11.5. The van der Waals surface area contributed by atoms with Gasteiger partial charge in [0, 0.05) is 18.0 Å². The van der Waals surface area contributed by atoms with E-state index >= 15 is 0 Å². The first kappa shape index (κ1) is 23.7. The molecule has 34 heavy (non-hydrogen) atoms. The zero-order valence-electron chi connectivity index (χ0n) is 20.1. The Bertz CT molecular complexity index is 1160. The lowest BCUT2D eigenvalue weighted by Crippen LogP contribution is -2.54. The van der Waals surface area contributed by atoms with E-state index in [0.717, 1.165) is 38.5 Å². The standard InChI is InChI=1S/C26H34N2O5S/c1-15-12-17-13-18(29)8-10-25(17,2)20-9-11-26(3)19(23(15)20)5-6-21(26)33-24(30)16-4-7-22(28-14-16)34(27,31)32/h4,7,13-15,19-21,23H,5-6,8-12H2,1-3H3,(H2,27,31,32)/t15-,19?,20?,21+,23?,25+,26+/m1/s1. The van der Waals surface area contributed by atoms with Crippen LogP contribution >= 0.6 is 0 Å². The summed E-state index contributed by atoms with van der Waals surface area (Å²) in [6.45, 7) is 7.00. The van der Waals surface area contributed by atoms with E-state index in [2.05, 4.69) is 25.8 Å². The molecule has 4 aliphatic carbocycles. The maximum Gasteiger partial charge on any atom is 0.339 e. The summed E-state index contributed by atoms with van der Waals surface area (Å²) in [4.78, 5) is 28.9. The number of pyridine rings is 1. The van der Waals surface area contributed by atoms with E-state index in [9.17, 15) is 18.0 Å². The number of rotatable bonds is 3. The lowest BCUT2D eigenvalue weighted by atomic mass is 9.45. The molecule has 3 unspecified atom stereocenters. The van der Waals surface area contributed by atoms with Gasteiger partial charge in [0.1, 0.15) is 6.10 Å².